The Labute approximate surface area is 128 Å². The number of hydrogen-bond donors (Lipinski definition) is 1. The van der Waals surface area contributed by atoms with Gasteiger partial charge in [0.25, 0.3) is 0 Å². The van der Waals surface area contributed by atoms with Crippen molar-refractivity contribution < 1.29 is 4.74 Å². The zero-order valence-corrected chi connectivity index (χ0v) is 13.2. The normalized spacial score (nSPS) is 10.9. The highest BCUT2D eigenvalue weighted by atomic mass is 16.5. The van der Waals surface area contributed by atoms with E-state index in [2.05, 4.69) is 62.5 Å². The Bertz CT molecular complexity index is 546. The highest BCUT2D eigenvalue weighted by Crippen LogP contribution is 2.25. The Hall–Kier alpha value is -1.80. The number of rotatable bonds is 7. The summed E-state index contributed by atoms with van der Waals surface area (Å²) in [5, 5.41) is 3.43. The first-order valence-corrected chi connectivity index (χ1v) is 7.77. The van der Waals surface area contributed by atoms with Crippen LogP contribution < -0.4 is 10.1 Å². The van der Waals surface area contributed by atoms with Gasteiger partial charge in [-0.3, -0.25) is 0 Å². The molecule has 2 aromatic carbocycles. The van der Waals surface area contributed by atoms with Gasteiger partial charge in [-0.1, -0.05) is 57.5 Å². The first-order valence-electron chi connectivity index (χ1n) is 7.77. The summed E-state index contributed by atoms with van der Waals surface area (Å²) >= 11 is 0. The molecule has 0 aliphatic rings. The molecular formula is C19H25NO. The first kappa shape index (κ1) is 15.6. The summed E-state index contributed by atoms with van der Waals surface area (Å²) in [4.78, 5) is 0. The molecule has 1 N–H and O–H groups in total. The maximum atomic E-state index is 6.03. The monoisotopic (exact) mass is 283 g/mol. The van der Waals surface area contributed by atoms with Crippen molar-refractivity contribution in [2.24, 2.45) is 0 Å². The summed E-state index contributed by atoms with van der Waals surface area (Å²) in [5.41, 5.74) is 2.54. The van der Waals surface area contributed by atoms with Crippen molar-refractivity contribution in [2.75, 3.05) is 0 Å². The van der Waals surface area contributed by atoms with Crippen LogP contribution in [0.25, 0.3) is 0 Å². The molecule has 2 rings (SSSR count). The summed E-state index contributed by atoms with van der Waals surface area (Å²) in [6.45, 7) is 7.32. The third-order valence-corrected chi connectivity index (χ3v) is 3.36. The summed E-state index contributed by atoms with van der Waals surface area (Å²) < 4.78 is 6.03. The maximum absolute atomic E-state index is 6.03. The van der Waals surface area contributed by atoms with Crippen LogP contribution in [0.3, 0.4) is 0 Å². The fourth-order valence-electron chi connectivity index (χ4n) is 2.20. The third-order valence-electron chi connectivity index (χ3n) is 3.36. The minimum Gasteiger partial charge on any atom is -0.457 e. The van der Waals surface area contributed by atoms with Gasteiger partial charge in [0.1, 0.15) is 11.5 Å². The number of para-hydroxylation sites is 1. The molecule has 0 aliphatic heterocycles. The Morgan fingerprint density at radius 3 is 2.38 bits per heavy atom. The fraction of sp³-hybridized carbons (Fsp3) is 0.368. The van der Waals surface area contributed by atoms with Crippen molar-refractivity contribution in [1.82, 2.24) is 5.32 Å². The van der Waals surface area contributed by atoms with Crippen LogP contribution in [0.4, 0.5) is 0 Å². The molecule has 2 nitrogen and oxygen atoms in total. The lowest BCUT2D eigenvalue weighted by molar-refractivity contribution is 0.469. The lowest BCUT2D eigenvalue weighted by Gasteiger charge is -2.13. The maximum Gasteiger partial charge on any atom is 0.131 e. The minimum atomic E-state index is 0.464. The number of ether oxygens (including phenoxy) is 1. The van der Waals surface area contributed by atoms with E-state index >= 15 is 0 Å². The van der Waals surface area contributed by atoms with Gasteiger partial charge >= 0.3 is 0 Å². The molecule has 0 unspecified atom stereocenters. The number of hydrogen-bond acceptors (Lipinski definition) is 2. The standard InChI is InChI=1S/C19H25NO/c1-4-7-16-10-12-18(13-11-16)21-19-9-6-5-8-17(19)14-20-15(2)3/h5-6,8-13,15,20H,4,7,14H2,1-3H3. The molecule has 0 atom stereocenters. The second kappa shape index (κ2) is 7.84. The molecule has 21 heavy (non-hydrogen) atoms. The molecule has 2 aromatic rings. The topological polar surface area (TPSA) is 21.3 Å². The van der Waals surface area contributed by atoms with E-state index in [0.29, 0.717) is 6.04 Å². The molecular weight excluding hydrogens is 258 g/mol. The summed E-state index contributed by atoms with van der Waals surface area (Å²) in [7, 11) is 0. The molecule has 0 aromatic heterocycles. The van der Waals surface area contributed by atoms with Crippen LogP contribution in [-0.4, -0.2) is 6.04 Å². The van der Waals surface area contributed by atoms with Gasteiger partial charge in [0.15, 0.2) is 0 Å². The molecule has 0 saturated carbocycles. The van der Waals surface area contributed by atoms with Crippen LogP contribution in [0.1, 0.15) is 38.3 Å². The lowest BCUT2D eigenvalue weighted by Crippen LogP contribution is -2.22. The van der Waals surface area contributed by atoms with E-state index in [-0.39, 0.29) is 0 Å². The average Bonchev–Trinajstić information content (AvgIpc) is 2.48. The summed E-state index contributed by atoms with van der Waals surface area (Å²) in [5.74, 6) is 1.82. The van der Waals surface area contributed by atoms with E-state index in [0.717, 1.165) is 24.5 Å². The number of aryl methyl sites for hydroxylation is 1. The lowest BCUT2D eigenvalue weighted by atomic mass is 10.1. The van der Waals surface area contributed by atoms with Gasteiger partial charge in [-0.2, -0.15) is 0 Å². The Balaban J connectivity index is 2.08. The zero-order chi connectivity index (χ0) is 15.1. The van der Waals surface area contributed by atoms with Crippen molar-refractivity contribution in [2.45, 2.75) is 46.2 Å². The van der Waals surface area contributed by atoms with Crippen LogP contribution in [0.15, 0.2) is 48.5 Å². The van der Waals surface area contributed by atoms with E-state index in [1.807, 2.05) is 12.1 Å². The molecule has 0 fully saturated rings. The van der Waals surface area contributed by atoms with Crippen molar-refractivity contribution in [1.29, 1.82) is 0 Å². The van der Waals surface area contributed by atoms with E-state index in [4.69, 9.17) is 4.74 Å². The summed E-state index contributed by atoms with van der Waals surface area (Å²) in [6.07, 6.45) is 2.29. The van der Waals surface area contributed by atoms with Crippen LogP contribution in [0.2, 0.25) is 0 Å². The highest BCUT2D eigenvalue weighted by Gasteiger charge is 2.05. The zero-order valence-electron chi connectivity index (χ0n) is 13.2. The van der Waals surface area contributed by atoms with E-state index in [1.54, 1.807) is 0 Å². The molecule has 0 amide bonds. The van der Waals surface area contributed by atoms with Crippen molar-refractivity contribution in [3.63, 3.8) is 0 Å². The molecule has 0 spiro atoms. The minimum absolute atomic E-state index is 0.464. The van der Waals surface area contributed by atoms with Crippen LogP contribution >= 0.6 is 0 Å². The van der Waals surface area contributed by atoms with E-state index < -0.39 is 0 Å². The molecule has 0 radical (unpaired) electrons. The van der Waals surface area contributed by atoms with Crippen LogP contribution in [0.5, 0.6) is 11.5 Å². The van der Waals surface area contributed by atoms with Crippen molar-refractivity contribution >= 4 is 0 Å². The Kier molecular flexibility index (Phi) is 5.82. The summed E-state index contributed by atoms with van der Waals surface area (Å²) in [6, 6.07) is 17.1. The third kappa shape index (κ3) is 4.91. The van der Waals surface area contributed by atoms with Crippen LogP contribution in [-0.2, 0) is 13.0 Å². The fourth-order valence-corrected chi connectivity index (χ4v) is 2.20. The second-order valence-corrected chi connectivity index (χ2v) is 5.64. The van der Waals surface area contributed by atoms with Crippen LogP contribution in [0, 0.1) is 0 Å². The van der Waals surface area contributed by atoms with Gasteiger partial charge in [-0.05, 0) is 30.2 Å². The van der Waals surface area contributed by atoms with Crippen molar-refractivity contribution in [3.05, 3.63) is 59.7 Å². The van der Waals surface area contributed by atoms with Gasteiger partial charge in [-0.25, -0.2) is 0 Å². The molecule has 2 heteroatoms. The highest BCUT2D eigenvalue weighted by molar-refractivity contribution is 5.38. The smallest absolute Gasteiger partial charge is 0.131 e. The van der Waals surface area contributed by atoms with Gasteiger partial charge < -0.3 is 10.1 Å². The first-order chi connectivity index (χ1) is 10.2. The molecule has 112 valence electrons. The molecule has 0 bridgehead atoms. The SMILES string of the molecule is CCCc1ccc(Oc2ccccc2CNC(C)C)cc1. The molecule has 0 saturated heterocycles. The average molecular weight is 283 g/mol. The predicted molar refractivity (Wildman–Crippen MR) is 88.9 cm³/mol. The number of benzene rings is 2. The van der Waals surface area contributed by atoms with Gasteiger partial charge in [0.2, 0.25) is 0 Å². The quantitative estimate of drug-likeness (QED) is 0.778. The molecule has 0 heterocycles. The van der Waals surface area contributed by atoms with Gasteiger partial charge in [0, 0.05) is 18.2 Å². The Morgan fingerprint density at radius 1 is 1.00 bits per heavy atom. The van der Waals surface area contributed by atoms with Crippen molar-refractivity contribution in [3.8, 4) is 11.5 Å². The molecule has 0 aliphatic carbocycles. The van der Waals surface area contributed by atoms with Gasteiger partial charge in [-0.15, -0.1) is 0 Å². The van der Waals surface area contributed by atoms with E-state index in [1.165, 1.54) is 17.5 Å². The second-order valence-electron chi connectivity index (χ2n) is 5.64. The van der Waals surface area contributed by atoms with E-state index in [9.17, 15) is 0 Å². The largest absolute Gasteiger partial charge is 0.457 e. The predicted octanol–water partition coefficient (Wildman–Crippen LogP) is 4.93. The van der Waals surface area contributed by atoms with Gasteiger partial charge in [0.05, 0.1) is 0 Å². The number of nitrogens with one attached hydrogen (secondary N) is 1. The Morgan fingerprint density at radius 2 is 1.71 bits per heavy atom.